The first kappa shape index (κ1) is 87.0. The number of nitrogens with zero attached hydrogens (tertiary/aromatic N) is 12. The fourth-order valence-corrected chi connectivity index (χ4v) is 17.8. The van der Waals surface area contributed by atoms with Gasteiger partial charge in [-0.3, -0.25) is 0 Å². The lowest BCUT2D eigenvalue weighted by molar-refractivity contribution is 0.221. The van der Waals surface area contributed by atoms with Crippen LogP contribution in [-0.4, -0.2) is 105 Å². The Morgan fingerprint density at radius 3 is 0.943 bits per heavy atom. The Morgan fingerprint density at radius 2 is 0.471 bits per heavy atom. The maximum absolute atomic E-state index is 10.5. The van der Waals surface area contributed by atoms with E-state index in [9.17, 15) is 20.4 Å². The standard InChI is InChI=1S/C32H23N3O3.3C28H21N3O3/c1-18(2)37-32-34-30(23-13-7-8-14-25(23)36)33-31(35-32)24-17-27-29(22-12-6-5-11-21(22)24)28-20-10-4-3-9-19(20)15-16-26(28)38-27;1-16(2)33-28-30-26(19-11-5-7-13-22(19)32)29-27(31-28)21-15-24-25(18-10-4-3-9-17(18)21)20-12-6-8-14-23(20)34-24;1-16(2)33-28-30-26(29-27(31-28)20-9-5-6-10-22(20)32)18-11-13-21-24(15-18)34-23-14-12-17-7-3-4-8-19(17)25(21)23;1-16(2)33-28-30-26(29-27(31-28)20-9-5-6-10-23(20)32)19-11-12-24-21(14-19)22-13-17-7-3-4-8-18(17)15-25(22)34-24/h3-18,36H,1-2H3;3*3-16,32H,1-2H3. The number of phenols is 4. The Hall–Kier alpha value is -18.3. The lowest BCUT2D eigenvalue weighted by atomic mass is 9.96. The summed E-state index contributed by atoms with van der Waals surface area (Å²) in [4.78, 5) is 55.2. The van der Waals surface area contributed by atoms with Crippen molar-refractivity contribution in [3.8, 4) is 138 Å². The number of benzene rings is 17. The summed E-state index contributed by atoms with van der Waals surface area (Å²) in [6, 6.07) is 106. The van der Waals surface area contributed by atoms with Gasteiger partial charge in [-0.2, -0.15) is 39.9 Å². The summed E-state index contributed by atoms with van der Waals surface area (Å²) in [5, 5.41) is 61.1. The van der Waals surface area contributed by atoms with Gasteiger partial charge in [0.25, 0.3) is 0 Å². The molecule has 25 aromatic rings. The Bertz CT molecular complexity index is 9170. The zero-order valence-electron chi connectivity index (χ0n) is 76.9. The van der Waals surface area contributed by atoms with E-state index in [0.29, 0.717) is 68.8 Å². The summed E-state index contributed by atoms with van der Waals surface area (Å²) >= 11 is 0. The van der Waals surface area contributed by atoms with Crippen molar-refractivity contribution in [2.24, 2.45) is 0 Å². The van der Waals surface area contributed by atoms with Crippen molar-refractivity contribution in [1.29, 1.82) is 0 Å². The van der Waals surface area contributed by atoms with Gasteiger partial charge in [-0.15, -0.1) is 0 Å². The number of fused-ring (bicyclic) bond motifs is 21. The van der Waals surface area contributed by atoms with Crippen molar-refractivity contribution in [2.45, 2.75) is 79.8 Å². The van der Waals surface area contributed by atoms with Gasteiger partial charge < -0.3 is 57.0 Å². The monoisotopic (exact) mass is 1840 g/mol. The van der Waals surface area contributed by atoms with Gasteiger partial charge in [0.15, 0.2) is 46.6 Å². The van der Waals surface area contributed by atoms with Gasteiger partial charge in [-0.1, -0.05) is 206 Å². The first-order valence-corrected chi connectivity index (χ1v) is 45.9. The molecule has 0 saturated heterocycles. The minimum Gasteiger partial charge on any atom is -0.507 e. The summed E-state index contributed by atoms with van der Waals surface area (Å²) in [5.41, 5.74) is 11.6. The van der Waals surface area contributed by atoms with Crippen LogP contribution < -0.4 is 18.9 Å². The molecule has 0 amide bonds. The van der Waals surface area contributed by atoms with E-state index in [2.05, 4.69) is 142 Å². The van der Waals surface area contributed by atoms with Crippen LogP contribution in [0.4, 0.5) is 0 Å². The van der Waals surface area contributed by atoms with Crippen molar-refractivity contribution in [2.75, 3.05) is 0 Å². The van der Waals surface area contributed by atoms with Gasteiger partial charge in [-0.05, 0) is 231 Å². The number of hydrogen-bond donors (Lipinski definition) is 4. The average molecular weight is 1840 g/mol. The zero-order valence-corrected chi connectivity index (χ0v) is 76.9. The molecule has 8 aromatic heterocycles. The third kappa shape index (κ3) is 16.9. The van der Waals surface area contributed by atoms with Crippen LogP contribution >= 0.6 is 0 Å². The molecule has 0 unspecified atom stereocenters. The maximum Gasteiger partial charge on any atom is 0.320 e. The fraction of sp³-hybridized carbons (Fsp3) is 0.103. The van der Waals surface area contributed by atoms with Gasteiger partial charge in [-0.25, -0.2) is 19.9 Å². The third-order valence-corrected chi connectivity index (χ3v) is 23.9. The molecule has 0 fully saturated rings. The van der Waals surface area contributed by atoms with E-state index in [4.69, 9.17) is 51.6 Å². The molecule has 0 bridgehead atoms. The van der Waals surface area contributed by atoms with E-state index < -0.39 is 0 Å². The molecule has 0 radical (unpaired) electrons. The van der Waals surface area contributed by atoms with Crippen LogP contribution in [0.2, 0.25) is 0 Å². The SMILES string of the molecule is CC(C)Oc1nc(-c2ccc3c(c2)oc2ccc4ccccc4c23)nc(-c2ccccc2O)n1.CC(C)Oc1nc(-c2ccc3oc4cc5ccccc5cc4c3c2)nc(-c2ccccc2O)n1.CC(C)Oc1nc(-c2ccccc2O)nc(-c2cc3oc4ccc5ccccc5c4c3c3ccccc23)n1.CC(C)Oc1nc(-c2ccccc2O)nc(-c2cc3oc4ccccc4c3c3ccccc23)n1. The van der Waals surface area contributed by atoms with E-state index in [1.165, 1.54) is 5.39 Å². The first-order chi connectivity index (χ1) is 68.3. The number of aromatic hydroxyl groups is 4. The van der Waals surface area contributed by atoms with Crippen molar-refractivity contribution in [3.63, 3.8) is 0 Å². The molecule has 0 atom stereocenters. The Morgan fingerprint density at radius 1 is 0.186 bits per heavy atom. The smallest absolute Gasteiger partial charge is 0.320 e. The second kappa shape index (κ2) is 36.5. The van der Waals surface area contributed by atoms with Gasteiger partial charge in [0.1, 0.15) is 67.7 Å². The van der Waals surface area contributed by atoms with Crippen LogP contribution in [0.1, 0.15) is 55.4 Å². The Kier molecular flexibility index (Phi) is 22.7. The number of phenolic OH excluding ortho intramolecular Hbond substituents is 4. The number of furan rings is 4. The minimum atomic E-state index is -0.134. The molecule has 4 N–H and O–H groups in total. The number of aromatic nitrogens is 12. The van der Waals surface area contributed by atoms with Crippen molar-refractivity contribution in [1.82, 2.24) is 59.8 Å². The van der Waals surface area contributed by atoms with Crippen LogP contribution in [0.15, 0.2) is 345 Å². The summed E-state index contributed by atoms with van der Waals surface area (Å²) in [6.45, 7) is 15.3. The van der Waals surface area contributed by atoms with Crippen molar-refractivity contribution in [3.05, 3.63) is 328 Å². The van der Waals surface area contributed by atoms with Crippen molar-refractivity contribution >= 4 is 142 Å². The zero-order chi connectivity index (χ0) is 95.5. The molecule has 0 spiro atoms. The molecule has 0 aliphatic heterocycles. The topological polar surface area (TPSA) is 325 Å². The highest BCUT2D eigenvalue weighted by Gasteiger charge is 2.27. The van der Waals surface area contributed by atoms with Gasteiger partial charge in [0.2, 0.25) is 0 Å². The van der Waals surface area contributed by atoms with Crippen LogP contribution in [0, 0.1) is 0 Å². The molecule has 682 valence electrons. The third-order valence-electron chi connectivity index (χ3n) is 23.9. The second-order valence-corrected chi connectivity index (χ2v) is 34.8. The molecule has 0 aliphatic rings. The predicted octanol–water partition coefficient (Wildman–Crippen LogP) is 28.2. The van der Waals surface area contributed by atoms with Gasteiger partial charge in [0, 0.05) is 65.3 Å². The molecular weight excluding hydrogens is 1750 g/mol. The van der Waals surface area contributed by atoms with Crippen molar-refractivity contribution < 1.29 is 57.0 Å². The van der Waals surface area contributed by atoms with E-state index in [0.717, 1.165) is 158 Å². The van der Waals surface area contributed by atoms with Crippen LogP contribution in [-0.2, 0) is 0 Å². The number of rotatable bonds is 16. The molecular formula is C116H86N12O12. The largest absolute Gasteiger partial charge is 0.507 e. The van der Waals surface area contributed by atoms with Crippen LogP contribution in [0.5, 0.6) is 47.0 Å². The van der Waals surface area contributed by atoms with E-state index in [1.54, 1.807) is 72.8 Å². The van der Waals surface area contributed by atoms with Gasteiger partial charge >= 0.3 is 24.0 Å². The average Bonchev–Trinajstić information content (AvgIpc) is 1.57. The van der Waals surface area contributed by atoms with Crippen LogP contribution in [0.3, 0.4) is 0 Å². The molecule has 140 heavy (non-hydrogen) atoms. The summed E-state index contributed by atoms with van der Waals surface area (Å²) < 4.78 is 48.3. The first-order valence-electron chi connectivity index (χ1n) is 45.9. The maximum atomic E-state index is 10.5. The van der Waals surface area contributed by atoms with E-state index in [1.807, 2.05) is 213 Å². The number of para-hydroxylation sites is 5. The summed E-state index contributed by atoms with van der Waals surface area (Å²) in [5.74, 6) is 3.52. The molecule has 8 heterocycles. The highest BCUT2D eigenvalue weighted by molar-refractivity contribution is 6.28. The highest BCUT2D eigenvalue weighted by atomic mass is 16.5. The quantitative estimate of drug-likeness (QED) is 0.0698. The molecule has 0 saturated carbocycles. The van der Waals surface area contributed by atoms with Crippen LogP contribution in [0.25, 0.3) is 233 Å². The molecule has 25 rings (SSSR count). The fourth-order valence-electron chi connectivity index (χ4n) is 17.8. The minimum absolute atomic E-state index is 0.0876. The lowest BCUT2D eigenvalue weighted by Crippen LogP contribution is -2.10. The molecule has 0 aliphatic carbocycles. The normalized spacial score (nSPS) is 11.7. The van der Waals surface area contributed by atoms with E-state index in [-0.39, 0.29) is 71.5 Å². The number of hydrogen-bond acceptors (Lipinski definition) is 24. The summed E-state index contributed by atoms with van der Waals surface area (Å²) in [7, 11) is 0. The lowest BCUT2D eigenvalue weighted by Gasteiger charge is -2.13. The highest BCUT2D eigenvalue weighted by Crippen LogP contribution is 2.47. The predicted molar refractivity (Wildman–Crippen MR) is 549 cm³/mol. The Labute approximate surface area is 799 Å². The van der Waals surface area contributed by atoms with Gasteiger partial charge in [0.05, 0.1) is 46.7 Å². The second-order valence-electron chi connectivity index (χ2n) is 34.8. The summed E-state index contributed by atoms with van der Waals surface area (Å²) in [6.07, 6.45) is -0.480. The molecule has 24 nitrogen and oxygen atoms in total. The number of ether oxygens (including phenoxy) is 4. The molecule has 17 aromatic carbocycles. The Balaban J connectivity index is 0.000000107. The molecule has 24 heteroatoms. The van der Waals surface area contributed by atoms with E-state index >= 15 is 0 Å².